The molecule has 8 heteroatoms. The highest BCUT2D eigenvalue weighted by atomic mass is 32.2. The summed E-state index contributed by atoms with van der Waals surface area (Å²) in [5.41, 5.74) is 2.82. The third kappa shape index (κ3) is 3.77. The number of H-pyrrole nitrogens is 1. The number of carbonyl (C=O) groups is 1. The Balaban J connectivity index is 1.73. The molecule has 1 fully saturated rings. The van der Waals surface area contributed by atoms with E-state index in [1.807, 2.05) is 44.3 Å². The minimum Gasteiger partial charge on any atom is -0.518 e. The number of carbonyl (C=O) groups excluding carboxylic acids is 1. The van der Waals surface area contributed by atoms with Crippen molar-refractivity contribution >= 4 is 33.9 Å². The second kappa shape index (κ2) is 8.28. The van der Waals surface area contributed by atoms with E-state index in [2.05, 4.69) is 4.98 Å². The number of nitrogens with one attached hydrogen (secondary N) is 1. The summed E-state index contributed by atoms with van der Waals surface area (Å²) >= 11 is 0. The van der Waals surface area contributed by atoms with E-state index in [1.54, 1.807) is 24.3 Å². The lowest BCUT2D eigenvalue weighted by atomic mass is 9.77. The molecule has 6 nitrogen and oxygen atoms in total. The molecule has 30 heavy (non-hydrogen) atoms. The van der Waals surface area contributed by atoms with E-state index in [4.69, 9.17) is 4.65 Å². The first-order chi connectivity index (χ1) is 14.4. The van der Waals surface area contributed by atoms with Crippen LogP contribution in [-0.2, 0) is 25.9 Å². The standard InChI is InChI=1S/C22H25BN2O4S/c1-3-4-13-23-25(30(27,28)18-11-9-16(2)10-12-18)21(22(26)29-23)14-17-15-24-20-8-6-5-7-19(17)20/h5-12,15,21,24H,3-4,13-14H2,1-2H3. The fraction of sp³-hybridized carbons (Fsp3) is 0.318. The molecule has 0 bridgehead atoms. The van der Waals surface area contributed by atoms with E-state index in [1.165, 1.54) is 4.22 Å². The number of hydrogen-bond acceptors (Lipinski definition) is 4. The summed E-state index contributed by atoms with van der Waals surface area (Å²) in [4.78, 5) is 16.2. The van der Waals surface area contributed by atoms with Crippen LogP contribution >= 0.6 is 0 Å². The molecule has 0 radical (unpaired) electrons. The molecule has 0 amide bonds. The van der Waals surface area contributed by atoms with E-state index < -0.39 is 29.1 Å². The molecule has 0 aliphatic carbocycles. The Morgan fingerprint density at radius 1 is 1.13 bits per heavy atom. The molecule has 1 aliphatic rings. The van der Waals surface area contributed by atoms with Crippen LogP contribution in [0.3, 0.4) is 0 Å². The van der Waals surface area contributed by atoms with Gasteiger partial charge in [0, 0.05) is 23.5 Å². The van der Waals surface area contributed by atoms with Gasteiger partial charge in [-0.15, -0.1) is 0 Å². The summed E-state index contributed by atoms with van der Waals surface area (Å²) in [5.74, 6) is -0.489. The van der Waals surface area contributed by atoms with Crippen molar-refractivity contribution < 1.29 is 17.9 Å². The summed E-state index contributed by atoms with van der Waals surface area (Å²) in [5, 5.41) is 0.981. The molecule has 2 heterocycles. The lowest BCUT2D eigenvalue weighted by molar-refractivity contribution is -0.134. The highest BCUT2D eigenvalue weighted by Gasteiger charge is 2.52. The Labute approximate surface area is 177 Å². The van der Waals surface area contributed by atoms with Crippen LogP contribution in [0.5, 0.6) is 0 Å². The van der Waals surface area contributed by atoms with Crippen molar-refractivity contribution in [3.05, 3.63) is 65.9 Å². The van der Waals surface area contributed by atoms with Crippen LogP contribution in [0.15, 0.2) is 59.6 Å². The summed E-state index contributed by atoms with van der Waals surface area (Å²) < 4.78 is 34.0. The van der Waals surface area contributed by atoms with Gasteiger partial charge in [-0.05, 0) is 37.0 Å². The van der Waals surface area contributed by atoms with Gasteiger partial charge < -0.3 is 9.64 Å². The van der Waals surface area contributed by atoms with Gasteiger partial charge >= 0.3 is 13.0 Å². The molecule has 3 aromatic rings. The maximum absolute atomic E-state index is 13.6. The van der Waals surface area contributed by atoms with Crippen LogP contribution in [0.1, 0.15) is 30.9 Å². The zero-order chi connectivity index (χ0) is 21.3. The molecule has 1 unspecified atom stereocenters. The number of rotatable bonds is 7. The van der Waals surface area contributed by atoms with Gasteiger partial charge in [0.15, 0.2) is 0 Å². The monoisotopic (exact) mass is 424 g/mol. The number of unbranched alkanes of at least 4 members (excludes halogenated alkanes) is 1. The number of sulfonamides is 1. The molecular formula is C22H25BN2O4S. The van der Waals surface area contributed by atoms with Gasteiger partial charge in [-0.25, -0.2) is 8.42 Å². The first-order valence-electron chi connectivity index (χ1n) is 10.3. The van der Waals surface area contributed by atoms with Crippen molar-refractivity contribution in [1.82, 2.24) is 9.20 Å². The molecule has 1 saturated heterocycles. The van der Waals surface area contributed by atoms with Crippen LogP contribution < -0.4 is 0 Å². The molecular weight excluding hydrogens is 399 g/mol. The summed E-state index contributed by atoms with van der Waals surface area (Å²) in [7, 11) is -4.68. The fourth-order valence-corrected chi connectivity index (χ4v) is 5.65. The van der Waals surface area contributed by atoms with Gasteiger partial charge in [-0.2, -0.15) is 4.22 Å². The van der Waals surface area contributed by atoms with Gasteiger partial charge in [0.1, 0.15) is 6.04 Å². The first kappa shape index (κ1) is 20.7. The normalized spacial score (nSPS) is 17.6. The lowest BCUT2D eigenvalue weighted by Gasteiger charge is -2.23. The number of nitrogens with zero attached hydrogens (tertiary/aromatic N) is 1. The smallest absolute Gasteiger partial charge is 0.466 e. The summed E-state index contributed by atoms with van der Waals surface area (Å²) in [6.45, 7) is 3.93. The SMILES string of the molecule is CCCCB1OC(=O)C(Cc2c[nH]c3ccccc23)N1S(=O)(=O)c1ccc(C)cc1. The van der Waals surface area contributed by atoms with Crippen LogP contribution in [0.25, 0.3) is 10.9 Å². The highest BCUT2D eigenvalue weighted by Crippen LogP contribution is 2.31. The van der Waals surface area contributed by atoms with Gasteiger partial charge in [-0.1, -0.05) is 55.7 Å². The van der Waals surface area contributed by atoms with Crippen LogP contribution in [0, 0.1) is 6.92 Å². The lowest BCUT2D eigenvalue weighted by Crippen LogP contribution is -2.46. The Morgan fingerprint density at radius 2 is 1.87 bits per heavy atom. The average Bonchev–Trinajstić information content (AvgIpc) is 3.28. The fourth-order valence-electron chi connectivity index (χ4n) is 3.97. The molecule has 1 N–H and O–H groups in total. The zero-order valence-electron chi connectivity index (χ0n) is 17.2. The van der Waals surface area contributed by atoms with Crippen molar-refractivity contribution in [3.63, 3.8) is 0 Å². The van der Waals surface area contributed by atoms with E-state index in [0.717, 1.165) is 34.9 Å². The Bertz CT molecular complexity index is 1160. The van der Waals surface area contributed by atoms with Gasteiger partial charge in [0.25, 0.3) is 0 Å². The average molecular weight is 424 g/mol. The molecule has 0 spiro atoms. The summed E-state index contributed by atoms with van der Waals surface area (Å²) in [6, 6.07) is 13.6. The third-order valence-electron chi connectivity index (χ3n) is 5.60. The molecule has 2 aromatic carbocycles. The predicted molar refractivity (Wildman–Crippen MR) is 118 cm³/mol. The maximum Gasteiger partial charge on any atom is 0.466 e. The number of aromatic amines is 1. The predicted octanol–water partition coefficient (Wildman–Crippen LogP) is 3.92. The third-order valence-corrected chi connectivity index (χ3v) is 7.52. The Hall–Kier alpha value is -2.58. The first-order valence-corrected chi connectivity index (χ1v) is 11.7. The number of benzene rings is 2. The molecule has 4 rings (SSSR count). The number of aromatic nitrogens is 1. The van der Waals surface area contributed by atoms with Crippen molar-refractivity contribution in [2.75, 3.05) is 0 Å². The van der Waals surface area contributed by atoms with Crippen molar-refractivity contribution in [2.45, 2.75) is 50.4 Å². The number of aryl methyl sites for hydroxylation is 1. The molecule has 0 saturated carbocycles. The number of hydrogen-bond donors (Lipinski definition) is 1. The van der Waals surface area contributed by atoms with Crippen molar-refractivity contribution in [2.24, 2.45) is 0 Å². The topological polar surface area (TPSA) is 79.5 Å². The zero-order valence-corrected chi connectivity index (χ0v) is 18.0. The summed E-state index contributed by atoms with van der Waals surface area (Å²) in [6.07, 6.45) is 4.25. The number of para-hydroxylation sites is 1. The Kier molecular flexibility index (Phi) is 5.71. The van der Waals surface area contributed by atoms with E-state index in [-0.39, 0.29) is 11.3 Å². The van der Waals surface area contributed by atoms with Gasteiger partial charge in [0.2, 0.25) is 10.0 Å². The van der Waals surface area contributed by atoms with Crippen molar-refractivity contribution in [3.8, 4) is 0 Å². The second-order valence-electron chi connectivity index (χ2n) is 7.76. The largest absolute Gasteiger partial charge is 0.518 e. The highest BCUT2D eigenvalue weighted by molar-refractivity contribution is 7.90. The Morgan fingerprint density at radius 3 is 2.60 bits per heavy atom. The van der Waals surface area contributed by atoms with Crippen LogP contribution in [0.2, 0.25) is 6.32 Å². The second-order valence-corrected chi connectivity index (χ2v) is 9.60. The molecule has 1 aromatic heterocycles. The van der Waals surface area contributed by atoms with E-state index in [0.29, 0.717) is 6.32 Å². The minimum atomic E-state index is -3.90. The minimum absolute atomic E-state index is 0.178. The van der Waals surface area contributed by atoms with E-state index in [9.17, 15) is 13.2 Å². The van der Waals surface area contributed by atoms with Crippen molar-refractivity contribution in [1.29, 1.82) is 0 Å². The number of fused-ring (bicyclic) bond motifs is 1. The van der Waals surface area contributed by atoms with E-state index >= 15 is 0 Å². The van der Waals surface area contributed by atoms with Gasteiger partial charge in [0.05, 0.1) is 4.90 Å². The molecule has 1 aliphatic heterocycles. The maximum atomic E-state index is 13.6. The van der Waals surface area contributed by atoms with Crippen LogP contribution in [0.4, 0.5) is 0 Å². The van der Waals surface area contributed by atoms with Gasteiger partial charge in [-0.3, -0.25) is 4.79 Å². The molecule has 156 valence electrons. The molecule has 1 atom stereocenters. The quantitative estimate of drug-likeness (QED) is 0.583. The van der Waals surface area contributed by atoms with Crippen LogP contribution in [-0.4, -0.2) is 36.7 Å².